The molecule has 242 valence electrons. The Labute approximate surface area is 273 Å². The first kappa shape index (κ1) is 31.9. The van der Waals surface area contributed by atoms with Crippen LogP contribution in [0.5, 0.6) is 11.5 Å². The minimum Gasteiger partial charge on any atom is -0.493 e. The topological polar surface area (TPSA) is 221 Å². The highest BCUT2D eigenvalue weighted by Gasteiger charge is 2.56. The van der Waals surface area contributed by atoms with E-state index in [9.17, 15) is 37.7 Å². The first-order valence-corrected chi connectivity index (χ1v) is 16.9. The van der Waals surface area contributed by atoms with Crippen LogP contribution in [0.4, 0.5) is 17.1 Å². The van der Waals surface area contributed by atoms with Crippen molar-refractivity contribution in [2.45, 2.75) is 21.1 Å². The number of imide groups is 1. The molecule has 0 saturated carbocycles. The van der Waals surface area contributed by atoms with Crippen molar-refractivity contribution in [2.24, 2.45) is 11.1 Å². The van der Waals surface area contributed by atoms with Crippen molar-refractivity contribution in [3.8, 4) is 11.5 Å². The van der Waals surface area contributed by atoms with E-state index < -0.39 is 56.4 Å². The number of ether oxygens (including phenoxy) is 2. The SMILES string of the molecule is COc1cc([C@@H]2c3sc(=O)[nH]c3S[C@H]3C(=O)N(c4ccc([N+](=O)[O-])cc4)C(=O)[C@@H]23)ccc1OCC(=O)Nc1ccc(S(N)(=O)=O)cc1. The zero-order valence-electron chi connectivity index (χ0n) is 24.1. The van der Waals surface area contributed by atoms with Crippen LogP contribution in [0.15, 0.2) is 81.4 Å². The third kappa shape index (κ3) is 6.10. The summed E-state index contributed by atoms with van der Waals surface area (Å²) in [6.45, 7) is -0.432. The van der Waals surface area contributed by atoms with E-state index in [4.69, 9.17) is 14.6 Å². The van der Waals surface area contributed by atoms with Gasteiger partial charge >= 0.3 is 4.87 Å². The number of aromatic amines is 1. The van der Waals surface area contributed by atoms with Crippen LogP contribution in [-0.2, 0) is 24.4 Å². The summed E-state index contributed by atoms with van der Waals surface area (Å²) < 4.78 is 34.1. The molecule has 1 aromatic heterocycles. The number of hydrogen-bond donors (Lipinski definition) is 3. The van der Waals surface area contributed by atoms with Gasteiger partial charge in [-0.25, -0.2) is 18.5 Å². The molecule has 1 saturated heterocycles. The van der Waals surface area contributed by atoms with Crippen LogP contribution in [0.25, 0.3) is 0 Å². The van der Waals surface area contributed by atoms with Gasteiger partial charge in [-0.1, -0.05) is 29.2 Å². The minimum atomic E-state index is -3.89. The average Bonchev–Trinajstić information content (AvgIpc) is 3.53. The number of primary sulfonamides is 1. The van der Waals surface area contributed by atoms with E-state index in [0.717, 1.165) is 28.0 Å². The number of fused-ring (bicyclic) bond motifs is 2. The number of carbonyl (C=O) groups excluding carboxylic acids is 3. The van der Waals surface area contributed by atoms with E-state index >= 15 is 0 Å². The fraction of sp³-hybridized carbons (Fsp3) is 0.172. The molecule has 6 rings (SSSR count). The lowest BCUT2D eigenvalue weighted by atomic mass is 9.83. The highest BCUT2D eigenvalue weighted by Crippen LogP contribution is 2.53. The Bertz CT molecular complexity index is 2100. The van der Waals surface area contributed by atoms with Gasteiger partial charge in [0.1, 0.15) is 5.25 Å². The number of nitro groups is 1. The second-order valence-electron chi connectivity index (χ2n) is 10.4. The van der Waals surface area contributed by atoms with Gasteiger partial charge in [-0.05, 0) is 54.1 Å². The number of amides is 3. The maximum atomic E-state index is 13.9. The third-order valence-corrected chi connectivity index (χ3v) is 10.8. The van der Waals surface area contributed by atoms with Crippen molar-refractivity contribution in [3.63, 3.8) is 0 Å². The summed E-state index contributed by atoms with van der Waals surface area (Å²) in [5.74, 6) is -2.81. The quantitative estimate of drug-likeness (QED) is 0.131. The molecule has 18 heteroatoms. The molecule has 2 aliphatic rings. The monoisotopic (exact) mass is 697 g/mol. The van der Waals surface area contributed by atoms with Crippen molar-refractivity contribution >= 4 is 67.9 Å². The normalized spacial score (nSPS) is 18.8. The molecule has 1 fully saturated rings. The molecule has 4 aromatic rings. The van der Waals surface area contributed by atoms with Gasteiger partial charge in [-0.15, -0.1) is 0 Å². The van der Waals surface area contributed by atoms with Gasteiger partial charge in [0.05, 0.1) is 33.6 Å². The maximum Gasteiger partial charge on any atom is 0.305 e. The molecule has 0 spiro atoms. The van der Waals surface area contributed by atoms with Gasteiger partial charge in [0.25, 0.3) is 11.6 Å². The number of aromatic nitrogens is 1. The molecule has 3 aromatic carbocycles. The Morgan fingerprint density at radius 1 is 1.04 bits per heavy atom. The first-order valence-electron chi connectivity index (χ1n) is 13.6. The summed E-state index contributed by atoms with van der Waals surface area (Å²) in [5, 5.41) is 18.4. The summed E-state index contributed by atoms with van der Waals surface area (Å²) in [7, 11) is -2.50. The van der Waals surface area contributed by atoms with Gasteiger partial charge in [0.2, 0.25) is 21.8 Å². The Morgan fingerprint density at radius 2 is 1.74 bits per heavy atom. The summed E-state index contributed by atoms with van der Waals surface area (Å²) in [4.78, 5) is 66.9. The van der Waals surface area contributed by atoms with Gasteiger partial charge in [0, 0.05) is 28.6 Å². The van der Waals surface area contributed by atoms with Crippen molar-refractivity contribution in [1.29, 1.82) is 0 Å². The Kier molecular flexibility index (Phi) is 8.35. The second-order valence-corrected chi connectivity index (χ2v) is 14.1. The van der Waals surface area contributed by atoms with Gasteiger partial charge in [-0.2, -0.15) is 0 Å². The largest absolute Gasteiger partial charge is 0.493 e. The predicted octanol–water partition coefficient (Wildman–Crippen LogP) is 2.81. The van der Waals surface area contributed by atoms with Crippen LogP contribution >= 0.6 is 23.1 Å². The number of non-ortho nitro benzene ring substituents is 1. The van der Waals surface area contributed by atoms with Gasteiger partial charge in [0.15, 0.2) is 18.1 Å². The van der Waals surface area contributed by atoms with Crippen LogP contribution in [0.3, 0.4) is 0 Å². The summed E-state index contributed by atoms with van der Waals surface area (Å²) >= 11 is 2.02. The lowest BCUT2D eigenvalue weighted by Gasteiger charge is -2.30. The van der Waals surface area contributed by atoms with Crippen LogP contribution in [0.2, 0.25) is 0 Å². The zero-order chi connectivity index (χ0) is 33.6. The van der Waals surface area contributed by atoms with Crippen LogP contribution < -0.4 is 29.7 Å². The van der Waals surface area contributed by atoms with Crippen molar-refractivity contribution in [2.75, 3.05) is 23.9 Å². The smallest absolute Gasteiger partial charge is 0.305 e. The van der Waals surface area contributed by atoms with Crippen molar-refractivity contribution < 1.29 is 37.2 Å². The molecular formula is C29H23N5O10S3. The molecule has 3 amide bonds. The Hall–Kier alpha value is -5.04. The number of rotatable bonds is 9. The van der Waals surface area contributed by atoms with Gasteiger partial charge < -0.3 is 19.8 Å². The number of anilines is 2. The van der Waals surface area contributed by atoms with Crippen LogP contribution in [-0.4, -0.2) is 55.0 Å². The van der Waals surface area contributed by atoms with E-state index in [1.165, 1.54) is 55.6 Å². The van der Waals surface area contributed by atoms with Crippen molar-refractivity contribution in [3.05, 3.63) is 97.0 Å². The minimum absolute atomic E-state index is 0.110. The van der Waals surface area contributed by atoms with E-state index in [2.05, 4.69) is 10.3 Å². The Balaban J connectivity index is 1.25. The molecule has 47 heavy (non-hydrogen) atoms. The van der Waals surface area contributed by atoms with E-state index in [1.54, 1.807) is 18.2 Å². The van der Waals surface area contributed by atoms with E-state index in [1.807, 2.05) is 0 Å². The number of sulfonamides is 1. The first-order chi connectivity index (χ1) is 22.3. The number of hydrogen-bond acceptors (Lipinski definition) is 12. The van der Waals surface area contributed by atoms with Crippen molar-refractivity contribution in [1.82, 2.24) is 4.98 Å². The third-order valence-electron chi connectivity index (χ3n) is 7.51. The number of nitrogens with one attached hydrogen (secondary N) is 2. The molecule has 4 N–H and O–H groups in total. The molecule has 0 aliphatic carbocycles. The lowest BCUT2D eigenvalue weighted by molar-refractivity contribution is -0.384. The Morgan fingerprint density at radius 3 is 2.38 bits per heavy atom. The highest BCUT2D eigenvalue weighted by molar-refractivity contribution is 8.00. The molecular weight excluding hydrogens is 675 g/mol. The number of thioether (sulfide) groups is 1. The molecule has 0 unspecified atom stereocenters. The van der Waals surface area contributed by atoms with Crippen LogP contribution in [0.1, 0.15) is 16.4 Å². The number of nitro benzene ring substituents is 1. The number of nitrogens with two attached hydrogens (primary N) is 1. The highest BCUT2D eigenvalue weighted by atomic mass is 32.2. The molecule has 15 nitrogen and oxygen atoms in total. The second kappa shape index (κ2) is 12.3. The number of benzene rings is 3. The number of carbonyl (C=O) groups is 3. The van der Waals surface area contributed by atoms with E-state index in [-0.39, 0.29) is 32.6 Å². The standard InChI is InChI=1S/C29H23N5O10S3/c1-43-20-12-14(2-11-19(20)44-13-21(35)31-15-3-9-18(10-4-15)47(30,41)42)22-23-25(45-26-24(22)46-29(38)32-26)28(37)33(27(23)36)16-5-7-17(8-6-16)34(39)40/h2-12,22-23,25H,13H2,1H3,(H,31,35)(H,32,38)(H2,30,41,42)/t22-,23-,25+/m0/s1. The number of thiazole rings is 1. The molecule has 2 aliphatic heterocycles. The molecule has 3 atom stereocenters. The number of H-pyrrole nitrogens is 1. The maximum absolute atomic E-state index is 13.9. The summed E-state index contributed by atoms with van der Waals surface area (Å²) in [6.07, 6.45) is 0. The fourth-order valence-corrected chi connectivity index (χ4v) is 8.45. The van der Waals surface area contributed by atoms with E-state index in [0.29, 0.717) is 21.2 Å². The van der Waals surface area contributed by atoms with Crippen LogP contribution in [0, 0.1) is 16.0 Å². The number of nitrogens with zero attached hydrogens (tertiary/aromatic N) is 2. The molecule has 0 radical (unpaired) electrons. The average molecular weight is 698 g/mol. The molecule has 0 bridgehead atoms. The summed E-state index contributed by atoms with van der Waals surface area (Å²) in [6, 6.07) is 15.2. The fourth-order valence-electron chi connectivity index (χ4n) is 5.42. The molecule has 3 heterocycles. The zero-order valence-corrected chi connectivity index (χ0v) is 26.5. The predicted molar refractivity (Wildman–Crippen MR) is 170 cm³/mol. The lowest BCUT2D eigenvalue weighted by Crippen LogP contribution is -2.32. The summed E-state index contributed by atoms with van der Waals surface area (Å²) in [5.41, 5.74) is 0.865. The number of methoxy groups -OCH3 is 1. The van der Waals surface area contributed by atoms with Gasteiger partial charge in [-0.3, -0.25) is 29.3 Å².